The molecule has 0 aliphatic rings. The van der Waals surface area contributed by atoms with Crippen molar-refractivity contribution in [2.75, 3.05) is 23.3 Å². The lowest BCUT2D eigenvalue weighted by Crippen LogP contribution is -2.20. The Bertz CT molecular complexity index is 1310. The fraction of sp³-hybridized carbons (Fsp3) is 0.231. The van der Waals surface area contributed by atoms with Gasteiger partial charge in [-0.05, 0) is 85.6 Å². The van der Waals surface area contributed by atoms with E-state index < -0.39 is 21.9 Å². The van der Waals surface area contributed by atoms with Crippen molar-refractivity contribution in [3.63, 3.8) is 0 Å². The summed E-state index contributed by atoms with van der Waals surface area (Å²) in [4.78, 5) is 24.3. The maximum atomic E-state index is 12.7. The summed E-state index contributed by atoms with van der Waals surface area (Å²) in [5.74, 6) is -0.441. The minimum Gasteiger partial charge on any atom is -0.483 e. The summed E-state index contributed by atoms with van der Waals surface area (Å²) >= 11 is 5.84. The first-order valence-corrected chi connectivity index (χ1v) is 13.1. The highest BCUT2D eigenvalue weighted by Gasteiger charge is 2.16. The van der Waals surface area contributed by atoms with Gasteiger partial charge in [0, 0.05) is 16.4 Å². The number of rotatable bonds is 11. The molecule has 3 aromatic rings. The van der Waals surface area contributed by atoms with E-state index in [1.165, 1.54) is 18.2 Å². The van der Waals surface area contributed by atoms with Crippen molar-refractivity contribution in [3.8, 4) is 5.75 Å². The number of hydrogen-bond acceptors (Lipinski definition) is 6. The van der Waals surface area contributed by atoms with Gasteiger partial charge >= 0.3 is 5.97 Å². The number of ether oxygens (including phenoxy) is 2. The van der Waals surface area contributed by atoms with E-state index in [-0.39, 0.29) is 11.5 Å². The number of carbonyl (C=O) groups is 2. The van der Waals surface area contributed by atoms with Crippen LogP contribution < -0.4 is 14.8 Å². The molecule has 3 rings (SSSR count). The summed E-state index contributed by atoms with van der Waals surface area (Å²) in [5.41, 5.74) is 1.83. The third kappa shape index (κ3) is 7.73. The van der Waals surface area contributed by atoms with Crippen molar-refractivity contribution in [1.29, 1.82) is 0 Å². The van der Waals surface area contributed by atoms with Crippen LogP contribution in [0.15, 0.2) is 71.6 Å². The Labute approximate surface area is 215 Å². The van der Waals surface area contributed by atoms with Gasteiger partial charge in [0.2, 0.25) is 0 Å². The normalized spacial score (nSPS) is 11.0. The quantitative estimate of drug-likeness (QED) is 0.253. The molecule has 36 heavy (non-hydrogen) atoms. The SMILES string of the molecule is CCCCOC(=O)c1ccc(NC(=O)COc2ccc(S(=O)(=O)Nc3ccc(Cl)cc3)cc2C)cc1. The van der Waals surface area contributed by atoms with Crippen molar-refractivity contribution in [2.45, 2.75) is 31.6 Å². The van der Waals surface area contributed by atoms with Crippen molar-refractivity contribution < 1.29 is 27.5 Å². The smallest absolute Gasteiger partial charge is 0.338 e. The lowest BCUT2D eigenvalue weighted by Gasteiger charge is -2.12. The van der Waals surface area contributed by atoms with Crippen molar-refractivity contribution in [2.24, 2.45) is 0 Å². The summed E-state index contributed by atoms with van der Waals surface area (Å²) < 4.78 is 38.6. The number of sulfonamides is 1. The first-order valence-electron chi connectivity index (χ1n) is 11.3. The predicted molar refractivity (Wildman–Crippen MR) is 139 cm³/mol. The molecule has 0 spiro atoms. The highest BCUT2D eigenvalue weighted by atomic mass is 35.5. The summed E-state index contributed by atoms with van der Waals surface area (Å²) in [6, 6.07) is 17.0. The van der Waals surface area contributed by atoms with Gasteiger partial charge in [0.1, 0.15) is 5.75 Å². The van der Waals surface area contributed by atoms with Gasteiger partial charge in [-0.2, -0.15) is 0 Å². The van der Waals surface area contributed by atoms with E-state index in [1.54, 1.807) is 55.5 Å². The van der Waals surface area contributed by atoms with Crippen LogP contribution in [0.3, 0.4) is 0 Å². The molecule has 1 amide bonds. The minimum atomic E-state index is -3.81. The van der Waals surface area contributed by atoms with Crippen LogP contribution in [0.2, 0.25) is 5.02 Å². The largest absolute Gasteiger partial charge is 0.483 e. The monoisotopic (exact) mass is 530 g/mol. The molecule has 0 aromatic heterocycles. The molecule has 0 atom stereocenters. The summed E-state index contributed by atoms with van der Waals surface area (Å²) in [5, 5.41) is 3.18. The average Bonchev–Trinajstić information content (AvgIpc) is 2.85. The molecule has 3 aromatic carbocycles. The van der Waals surface area contributed by atoms with E-state index in [4.69, 9.17) is 21.1 Å². The highest BCUT2D eigenvalue weighted by Crippen LogP contribution is 2.24. The van der Waals surface area contributed by atoms with E-state index in [9.17, 15) is 18.0 Å². The van der Waals surface area contributed by atoms with Gasteiger partial charge in [-0.25, -0.2) is 13.2 Å². The van der Waals surface area contributed by atoms with Gasteiger partial charge in [-0.1, -0.05) is 24.9 Å². The van der Waals surface area contributed by atoms with Crippen LogP contribution in [0.25, 0.3) is 0 Å². The third-order valence-electron chi connectivity index (χ3n) is 5.05. The number of amides is 1. The number of nitrogens with one attached hydrogen (secondary N) is 2. The minimum absolute atomic E-state index is 0.0556. The van der Waals surface area contributed by atoms with Gasteiger partial charge < -0.3 is 14.8 Å². The van der Waals surface area contributed by atoms with Gasteiger partial charge in [0.15, 0.2) is 6.61 Å². The van der Waals surface area contributed by atoms with Crippen molar-refractivity contribution in [1.82, 2.24) is 0 Å². The maximum absolute atomic E-state index is 12.7. The van der Waals surface area contributed by atoms with Crippen LogP contribution >= 0.6 is 11.6 Å². The van der Waals surface area contributed by atoms with Gasteiger partial charge in [0.05, 0.1) is 17.1 Å². The van der Waals surface area contributed by atoms with Crippen LogP contribution in [0, 0.1) is 6.92 Å². The second-order valence-electron chi connectivity index (χ2n) is 7.94. The molecule has 190 valence electrons. The van der Waals surface area contributed by atoms with Gasteiger partial charge in [-0.3, -0.25) is 9.52 Å². The van der Waals surface area contributed by atoms with Crippen LogP contribution in [0.1, 0.15) is 35.7 Å². The highest BCUT2D eigenvalue weighted by molar-refractivity contribution is 7.92. The van der Waals surface area contributed by atoms with Crippen LogP contribution in [-0.2, 0) is 19.6 Å². The van der Waals surface area contributed by atoms with Crippen molar-refractivity contribution >= 4 is 44.9 Å². The zero-order valence-corrected chi connectivity index (χ0v) is 21.5. The number of benzene rings is 3. The Hall–Kier alpha value is -3.56. The molecule has 0 saturated heterocycles. The molecule has 0 fully saturated rings. The first kappa shape index (κ1) is 27.0. The number of halogens is 1. The van der Waals surface area contributed by atoms with E-state index in [0.717, 1.165) is 12.8 Å². The second-order valence-corrected chi connectivity index (χ2v) is 10.1. The first-order chi connectivity index (χ1) is 17.2. The zero-order valence-electron chi connectivity index (χ0n) is 19.9. The number of hydrogen-bond donors (Lipinski definition) is 2. The molecule has 2 N–H and O–H groups in total. The fourth-order valence-electron chi connectivity index (χ4n) is 3.11. The van der Waals surface area contributed by atoms with Crippen LogP contribution in [-0.4, -0.2) is 33.5 Å². The van der Waals surface area contributed by atoms with E-state index >= 15 is 0 Å². The lowest BCUT2D eigenvalue weighted by atomic mass is 10.2. The molecule has 0 bridgehead atoms. The molecular weight excluding hydrogens is 504 g/mol. The Morgan fingerprint density at radius 2 is 1.61 bits per heavy atom. The zero-order chi connectivity index (χ0) is 26.1. The molecule has 8 nitrogen and oxygen atoms in total. The number of esters is 1. The topological polar surface area (TPSA) is 111 Å². The standard InChI is InChI=1S/C26H27ClN2O6S/c1-3-4-15-34-26(31)19-5-9-21(10-6-19)28-25(30)17-35-24-14-13-23(16-18(24)2)36(32,33)29-22-11-7-20(27)8-12-22/h5-14,16,29H,3-4,15,17H2,1-2H3,(H,28,30). The van der Waals surface area contributed by atoms with Crippen LogP contribution in [0.4, 0.5) is 11.4 Å². The number of carbonyl (C=O) groups excluding carboxylic acids is 2. The number of unbranched alkanes of at least 4 members (excludes halogenated alkanes) is 1. The summed E-state index contributed by atoms with van der Waals surface area (Å²) in [7, 11) is -3.81. The maximum Gasteiger partial charge on any atom is 0.338 e. The molecule has 10 heteroatoms. The molecule has 0 radical (unpaired) electrons. The Balaban J connectivity index is 1.54. The average molecular weight is 531 g/mol. The Kier molecular flexibility index (Phi) is 9.32. The van der Waals surface area contributed by atoms with Gasteiger partial charge in [-0.15, -0.1) is 0 Å². The molecular formula is C26H27ClN2O6S. The molecule has 0 saturated carbocycles. The fourth-order valence-corrected chi connectivity index (χ4v) is 4.37. The molecule has 0 unspecified atom stereocenters. The van der Waals surface area contributed by atoms with Gasteiger partial charge in [0.25, 0.3) is 15.9 Å². The van der Waals surface area contributed by atoms with Crippen molar-refractivity contribution in [3.05, 3.63) is 82.9 Å². The van der Waals surface area contributed by atoms with E-state index in [1.807, 2.05) is 6.92 Å². The third-order valence-corrected chi connectivity index (χ3v) is 6.68. The number of aryl methyl sites for hydroxylation is 1. The second kappa shape index (κ2) is 12.4. The molecule has 0 aliphatic carbocycles. The lowest BCUT2D eigenvalue weighted by molar-refractivity contribution is -0.118. The summed E-state index contributed by atoms with van der Waals surface area (Å²) in [6.45, 7) is 3.79. The Morgan fingerprint density at radius 3 is 2.25 bits per heavy atom. The predicted octanol–water partition coefficient (Wildman–Crippen LogP) is 5.42. The number of anilines is 2. The summed E-state index contributed by atoms with van der Waals surface area (Å²) in [6.07, 6.45) is 1.74. The molecule has 0 heterocycles. The molecule has 0 aliphatic heterocycles. The van der Waals surface area contributed by atoms with E-state index in [0.29, 0.717) is 39.9 Å². The van der Waals surface area contributed by atoms with Crippen LogP contribution in [0.5, 0.6) is 5.75 Å². The van der Waals surface area contributed by atoms with E-state index in [2.05, 4.69) is 10.0 Å². The Morgan fingerprint density at radius 1 is 0.944 bits per heavy atom.